The largest absolute Gasteiger partial charge is 0.0917 e. The summed E-state index contributed by atoms with van der Waals surface area (Å²) in [5, 5.41) is 0. The molecule has 70 valence electrons. The van der Waals surface area contributed by atoms with E-state index in [4.69, 9.17) is 0 Å². The number of hydrogen-bond acceptors (Lipinski definition) is 0. The number of rotatable bonds is 7. The third kappa shape index (κ3) is 9.48. The zero-order valence-electron chi connectivity index (χ0n) is 8.55. The van der Waals surface area contributed by atoms with Gasteiger partial charge in [0.25, 0.3) is 0 Å². The lowest BCUT2D eigenvalue weighted by molar-refractivity contribution is 0.695. The maximum Gasteiger partial charge on any atom is -0.0351 e. The van der Waals surface area contributed by atoms with Gasteiger partial charge in [0.15, 0.2) is 0 Å². The summed E-state index contributed by atoms with van der Waals surface area (Å²) in [5.74, 6) is 0. The van der Waals surface area contributed by atoms with Crippen molar-refractivity contribution in [1.82, 2.24) is 0 Å². The Kier molecular flexibility index (Phi) is 10.0. The lowest BCUT2D eigenvalue weighted by Crippen LogP contribution is -1.74. The molecule has 0 bridgehead atoms. The average molecular weight is 166 g/mol. The first-order valence-electron chi connectivity index (χ1n) is 5.18. The first kappa shape index (κ1) is 11.5. The van der Waals surface area contributed by atoms with Crippen LogP contribution in [-0.4, -0.2) is 0 Å². The molecule has 0 unspecified atom stereocenters. The Morgan fingerprint density at radius 3 is 2.08 bits per heavy atom. The topological polar surface area (TPSA) is 0 Å². The maximum absolute atomic E-state index is 2.30. The highest BCUT2D eigenvalue weighted by atomic mass is 13.9. The SMILES string of the molecule is CC=CCCCCCC=CCC. The van der Waals surface area contributed by atoms with Crippen LogP contribution < -0.4 is 0 Å². The van der Waals surface area contributed by atoms with Crippen LogP contribution in [0, 0.1) is 0 Å². The van der Waals surface area contributed by atoms with Gasteiger partial charge in [0.2, 0.25) is 0 Å². The van der Waals surface area contributed by atoms with Gasteiger partial charge in [-0.15, -0.1) is 0 Å². The zero-order valence-corrected chi connectivity index (χ0v) is 8.55. The van der Waals surface area contributed by atoms with Gasteiger partial charge in [0.05, 0.1) is 0 Å². The standard InChI is InChI=1S/C12H22/c1-3-5-7-9-11-12-10-8-6-4-2/h3,5-6,8H,4,7,9-12H2,1-2H3. The van der Waals surface area contributed by atoms with E-state index < -0.39 is 0 Å². The minimum absolute atomic E-state index is 1.18. The van der Waals surface area contributed by atoms with Crippen LogP contribution in [-0.2, 0) is 0 Å². The van der Waals surface area contributed by atoms with Crippen LogP contribution in [0.25, 0.3) is 0 Å². The summed E-state index contributed by atoms with van der Waals surface area (Å²) in [7, 11) is 0. The summed E-state index contributed by atoms with van der Waals surface area (Å²) in [6.45, 7) is 4.27. The minimum Gasteiger partial charge on any atom is -0.0917 e. The van der Waals surface area contributed by atoms with Gasteiger partial charge in [0, 0.05) is 0 Å². The third-order valence-corrected chi connectivity index (χ3v) is 1.88. The van der Waals surface area contributed by atoms with Crippen molar-refractivity contribution in [1.29, 1.82) is 0 Å². The van der Waals surface area contributed by atoms with Crippen molar-refractivity contribution < 1.29 is 0 Å². The molecular formula is C12H22. The predicted molar refractivity (Wildman–Crippen MR) is 57.3 cm³/mol. The average Bonchev–Trinajstić information content (AvgIpc) is 2.10. The van der Waals surface area contributed by atoms with Crippen molar-refractivity contribution in [2.75, 3.05) is 0 Å². The van der Waals surface area contributed by atoms with E-state index in [9.17, 15) is 0 Å². The Bertz CT molecular complexity index is 120. The Morgan fingerprint density at radius 1 is 0.833 bits per heavy atom. The summed E-state index contributed by atoms with van der Waals surface area (Å²) >= 11 is 0. The van der Waals surface area contributed by atoms with E-state index in [2.05, 4.69) is 38.2 Å². The minimum atomic E-state index is 1.18. The van der Waals surface area contributed by atoms with Crippen molar-refractivity contribution in [2.45, 2.75) is 52.4 Å². The summed E-state index contributed by atoms with van der Waals surface area (Å²) in [6.07, 6.45) is 16.7. The van der Waals surface area contributed by atoms with Crippen LogP contribution in [0.2, 0.25) is 0 Å². The van der Waals surface area contributed by atoms with E-state index in [1.54, 1.807) is 0 Å². The molecule has 0 atom stereocenters. The predicted octanol–water partition coefficient (Wildman–Crippen LogP) is 4.48. The molecule has 0 spiro atoms. The molecule has 0 N–H and O–H groups in total. The van der Waals surface area contributed by atoms with Crippen molar-refractivity contribution in [2.24, 2.45) is 0 Å². The second-order valence-corrected chi connectivity index (χ2v) is 3.09. The molecule has 0 fully saturated rings. The first-order valence-corrected chi connectivity index (χ1v) is 5.18. The molecule has 0 aliphatic carbocycles. The van der Waals surface area contributed by atoms with Crippen LogP contribution in [0.1, 0.15) is 52.4 Å². The van der Waals surface area contributed by atoms with Crippen LogP contribution in [0.3, 0.4) is 0 Å². The smallest absolute Gasteiger partial charge is 0.0351 e. The summed E-state index contributed by atoms with van der Waals surface area (Å²) < 4.78 is 0. The van der Waals surface area contributed by atoms with Crippen molar-refractivity contribution in [3.63, 3.8) is 0 Å². The molecule has 0 saturated heterocycles. The molecule has 0 heteroatoms. The van der Waals surface area contributed by atoms with Gasteiger partial charge in [-0.2, -0.15) is 0 Å². The van der Waals surface area contributed by atoms with E-state index in [-0.39, 0.29) is 0 Å². The van der Waals surface area contributed by atoms with Gasteiger partial charge in [0.1, 0.15) is 0 Å². The number of hydrogen-bond donors (Lipinski definition) is 0. The number of allylic oxidation sites excluding steroid dienone is 4. The molecule has 0 heterocycles. The molecule has 0 rings (SSSR count). The monoisotopic (exact) mass is 166 g/mol. The number of unbranched alkanes of at least 4 members (excludes halogenated alkanes) is 4. The molecule has 0 saturated carbocycles. The van der Waals surface area contributed by atoms with Crippen molar-refractivity contribution in [3.05, 3.63) is 24.3 Å². The fraction of sp³-hybridized carbons (Fsp3) is 0.667. The summed E-state index contributed by atoms with van der Waals surface area (Å²) in [5.41, 5.74) is 0. The van der Waals surface area contributed by atoms with E-state index in [1.807, 2.05) is 0 Å². The quantitative estimate of drug-likeness (QED) is 0.386. The van der Waals surface area contributed by atoms with E-state index >= 15 is 0 Å². The molecule has 0 aliphatic rings. The zero-order chi connectivity index (χ0) is 9.07. The van der Waals surface area contributed by atoms with E-state index in [0.29, 0.717) is 0 Å². The van der Waals surface area contributed by atoms with Gasteiger partial charge in [-0.1, -0.05) is 37.6 Å². The lowest BCUT2D eigenvalue weighted by atomic mass is 10.1. The molecule has 0 aromatic heterocycles. The molecule has 0 nitrogen and oxygen atoms in total. The maximum atomic E-state index is 2.30. The van der Waals surface area contributed by atoms with Gasteiger partial charge in [-0.25, -0.2) is 0 Å². The van der Waals surface area contributed by atoms with E-state index in [0.717, 1.165) is 0 Å². The Hall–Kier alpha value is -0.520. The Balaban J connectivity index is 2.95. The van der Waals surface area contributed by atoms with Crippen LogP contribution >= 0.6 is 0 Å². The van der Waals surface area contributed by atoms with Crippen LogP contribution in [0.15, 0.2) is 24.3 Å². The second kappa shape index (κ2) is 10.5. The lowest BCUT2D eigenvalue weighted by Gasteiger charge is -1.94. The molecule has 0 radical (unpaired) electrons. The highest BCUT2D eigenvalue weighted by Crippen LogP contribution is 2.04. The molecular weight excluding hydrogens is 144 g/mol. The summed E-state index contributed by atoms with van der Waals surface area (Å²) in [4.78, 5) is 0. The van der Waals surface area contributed by atoms with E-state index in [1.165, 1.54) is 38.5 Å². The van der Waals surface area contributed by atoms with Gasteiger partial charge >= 0.3 is 0 Å². The first-order chi connectivity index (χ1) is 5.91. The highest BCUT2D eigenvalue weighted by molar-refractivity contribution is 4.80. The Morgan fingerprint density at radius 2 is 1.50 bits per heavy atom. The van der Waals surface area contributed by atoms with Gasteiger partial charge in [-0.05, 0) is 39.0 Å². The second-order valence-electron chi connectivity index (χ2n) is 3.09. The molecule has 0 amide bonds. The van der Waals surface area contributed by atoms with Crippen molar-refractivity contribution >= 4 is 0 Å². The van der Waals surface area contributed by atoms with Crippen LogP contribution in [0.5, 0.6) is 0 Å². The molecule has 0 aliphatic heterocycles. The molecule has 0 aromatic carbocycles. The van der Waals surface area contributed by atoms with Gasteiger partial charge in [-0.3, -0.25) is 0 Å². The molecule has 0 aromatic rings. The van der Waals surface area contributed by atoms with Crippen LogP contribution in [0.4, 0.5) is 0 Å². The molecule has 12 heavy (non-hydrogen) atoms. The normalized spacial score (nSPS) is 11.8. The Labute approximate surface area is 77.4 Å². The third-order valence-electron chi connectivity index (χ3n) is 1.88. The van der Waals surface area contributed by atoms with Gasteiger partial charge < -0.3 is 0 Å². The fourth-order valence-electron chi connectivity index (χ4n) is 1.15. The van der Waals surface area contributed by atoms with Crippen molar-refractivity contribution in [3.8, 4) is 0 Å². The fourth-order valence-corrected chi connectivity index (χ4v) is 1.15. The summed E-state index contributed by atoms with van der Waals surface area (Å²) in [6, 6.07) is 0. The highest BCUT2D eigenvalue weighted by Gasteiger charge is 1.84.